The number of hydrogen-bond acceptors (Lipinski definition) is 5. The highest BCUT2D eigenvalue weighted by molar-refractivity contribution is 5.85. The Morgan fingerprint density at radius 3 is 2.36 bits per heavy atom. The normalized spacial score (nSPS) is 10.9. The van der Waals surface area contributed by atoms with Gasteiger partial charge in [-0.05, 0) is 47.5 Å². The molecule has 25 heavy (non-hydrogen) atoms. The third-order valence-electron chi connectivity index (χ3n) is 3.39. The largest absolute Gasteiger partial charge is 0.399 e. The van der Waals surface area contributed by atoms with Crippen molar-refractivity contribution >= 4 is 34.2 Å². The first-order chi connectivity index (χ1) is 12.3. The Balaban J connectivity index is 0.00000109. The van der Waals surface area contributed by atoms with Gasteiger partial charge in [-0.25, -0.2) is 4.99 Å². The third kappa shape index (κ3) is 4.96. The van der Waals surface area contributed by atoms with E-state index in [4.69, 9.17) is 5.90 Å². The van der Waals surface area contributed by atoms with Crippen LogP contribution in [0.2, 0.25) is 0 Å². The molecule has 0 aliphatic rings. The van der Waals surface area contributed by atoms with Crippen LogP contribution in [0.1, 0.15) is 19.4 Å². The van der Waals surface area contributed by atoms with E-state index in [1.54, 1.807) is 0 Å². The van der Waals surface area contributed by atoms with E-state index in [0.717, 1.165) is 16.6 Å². The minimum Gasteiger partial charge on any atom is -0.399 e. The second-order valence-corrected chi connectivity index (χ2v) is 5.09. The number of azo groups is 1. The molecular weight excluding hydrogens is 312 g/mol. The van der Waals surface area contributed by atoms with Gasteiger partial charge in [0.2, 0.25) is 6.40 Å². The molecule has 0 bridgehead atoms. The first kappa shape index (κ1) is 18.3. The van der Waals surface area contributed by atoms with Crippen molar-refractivity contribution < 1.29 is 4.84 Å². The van der Waals surface area contributed by atoms with Crippen molar-refractivity contribution in [2.24, 2.45) is 21.1 Å². The maximum atomic E-state index is 4.98. The van der Waals surface area contributed by atoms with Gasteiger partial charge in [-0.1, -0.05) is 50.2 Å². The summed E-state index contributed by atoms with van der Waals surface area (Å²) < 4.78 is 0. The average molecular weight is 334 g/mol. The number of nitrogens with two attached hydrogens (primary N) is 1. The Morgan fingerprint density at radius 1 is 0.840 bits per heavy atom. The number of aliphatic imine (C=N–C) groups is 1. The molecule has 5 heteroatoms. The number of aryl methyl sites for hydroxylation is 1. The van der Waals surface area contributed by atoms with E-state index in [-0.39, 0.29) is 0 Å². The Kier molecular flexibility index (Phi) is 6.80. The van der Waals surface area contributed by atoms with Gasteiger partial charge in [0.25, 0.3) is 0 Å². The fourth-order valence-electron chi connectivity index (χ4n) is 2.26. The van der Waals surface area contributed by atoms with Gasteiger partial charge < -0.3 is 4.84 Å². The molecule has 0 fully saturated rings. The van der Waals surface area contributed by atoms with Crippen LogP contribution in [0, 0.1) is 6.92 Å². The van der Waals surface area contributed by atoms with E-state index in [2.05, 4.69) is 32.2 Å². The maximum Gasteiger partial charge on any atom is 0.201 e. The highest BCUT2D eigenvalue weighted by Crippen LogP contribution is 2.31. The summed E-state index contributed by atoms with van der Waals surface area (Å²) in [6, 6.07) is 19.8. The van der Waals surface area contributed by atoms with Gasteiger partial charge in [0.15, 0.2) is 0 Å². The lowest BCUT2D eigenvalue weighted by Crippen LogP contribution is -1.93. The molecule has 2 N–H and O–H groups in total. The molecule has 0 aromatic heterocycles. The van der Waals surface area contributed by atoms with E-state index < -0.39 is 0 Å². The highest BCUT2D eigenvalue weighted by Gasteiger charge is 2.01. The summed E-state index contributed by atoms with van der Waals surface area (Å²) in [7, 11) is 0. The van der Waals surface area contributed by atoms with Crippen LogP contribution in [0.25, 0.3) is 10.8 Å². The quantitative estimate of drug-likeness (QED) is 0.269. The summed E-state index contributed by atoms with van der Waals surface area (Å²) >= 11 is 0. The molecule has 0 saturated heterocycles. The Labute approximate surface area is 147 Å². The number of fused-ring (bicyclic) bond motifs is 1. The van der Waals surface area contributed by atoms with E-state index >= 15 is 0 Å². The summed E-state index contributed by atoms with van der Waals surface area (Å²) in [5.41, 5.74) is 3.16. The van der Waals surface area contributed by atoms with Crippen LogP contribution in [0.4, 0.5) is 17.1 Å². The van der Waals surface area contributed by atoms with Crippen LogP contribution >= 0.6 is 0 Å². The molecule has 0 spiro atoms. The lowest BCUT2D eigenvalue weighted by atomic mass is 10.1. The van der Waals surface area contributed by atoms with Crippen LogP contribution in [0.3, 0.4) is 0 Å². The van der Waals surface area contributed by atoms with E-state index in [9.17, 15) is 0 Å². The molecule has 0 radical (unpaired) electrons. The van der Waals surface area contributed by atoms with E-state index in [1.807, 2.05) is 69.3 Å². The second-order valence-electron chi connectivity index (χ2n) is 5.09. The number of hydrogen-bond donors (Lipinski definition) is 1. The van der Waals surface area contributed by atoms with Crippen molar-refractivity contribution in [1.82, 2.24) is 0 Å². The molecule has 128 valence electrons. The topological polar surface area (TPSA) is 72.3 Å². The fraction of sp³-hybridized carbons (Fsp3) is 0.150. The minimum atomic E-state index is 0.650. The van der Waals surface area contributed by atoms with Crippen molar-refractivity contribution in [1.29, 1.82) is 0 Å². The first-order valence-electron chi connectivity index (χ1n) is 8.15. The van der Waals surface area contributed by atoms with Gasteiger partial charge in [-0.3, -0.25) is 0 Å². The van der Waals surface area contributed by atoms with Gasteiger partial charge in [0.1, 0.15) is 5.69 Å². The van der Waals surface area contributed by atoms with Crippen LogP contribution in [-0.2, 0) is 4.84 Å². The number of nitrogens with zero attached hydrogens (tertiary/aromatic N) is 3. The fourth-order valence-corrected chi connectivity index (χ4v) is 2.26. The average Bonchev–Trinajstić information content (AvgIpc) is 2.67. The molecule has 3 rings (SSSR count). The van der Waals surface area contributed by atoms with Gasteiger partial charge in [0.05, 0.1) is 11.4 Å². The highest BCUT2D eigenvalue weighted by atomic mass is 16.6. The molecule has 0 saturated carbocycles. The number of rotatable bonds is 4. The Bertz CT molecular complexity index is 888. The van der Waals surface area contributed by atoms with Gasteiger partial charge in [0, 0.05) is 0 Å². The zero-order valence-electron chi connectivity index (χ0n) is 14.7. The summed E-state index contributed by atoms with van der Waals surface area (Å²) in [6.45, 7) is 5.98. The smallest absolute Gasteiger partial charge is 0.201 e. The zero-order chi connectivity index (χ0) is 18.1. The zero-order valence-corrected chi connectivity index (χ0v) is 14.7. The van der Waals surface area contributed by atoms with Gasteiger partial charge >= 0.3 is 0 Å². The summed E-state index contributed by atoms with van der Waals surface area (Å²) in [5, 5.41) is 10.9. The molecular formula is C20H22N4O. The molecule has 3 aromatic rings. The second kappa shape index (κ2) is 9.30. The lowest BCUT2D eigenvalue weighted by Gasteiger charge is -2.01. The maximum absolute atomic E-state index is 4.98. The summed E-state index contributed by atoms with van der Waals surface area (Å²) in [6.07, 6.45) is 1.17. The molecule has 0 atom stereocenters. The molecule has 0 unspecified atom stereocenters. The summed E-state index contributed by atoms with van der Waals surface area (Å²) in [5.74, 6) is 4.98. The van der Waals surface area contributed by atoms with Crippen molar-refractivity contribution in [3.63, 3.8) is 0 Å². The molecule has 0 aliphatic carbocycles. The van der Waals surface area contributed by atoms with Crippen LogP contribution < -0.4 is 5.90 Å². The predicted octanol–water partition coefficient (Wildman–Crippen LogP) is 6.14. The van der Waals surface area contributed by atoms with Gasteiger partial charge in [-0.2, -0.15) is 11.0 Å². The summed E-state index contributed by atoms with van der Waals surface area (Å²) in [4.78, 5) is 8.51. The minimum absolute atomic E-state index is 0.650. The molecule has 0 amide bonds. The Hall–Kier alpha value is -3.05. The first-order valence-corrected chi connectivity index (χ1v) is 8.15. The molecule has 3 aromatic carbocycles. The molecule has 5 nitrogen and oxygen atoms in total. The predicted molar refractivity (Wildman–Crippen MR) is 104 cm³/mol. The van der Waals surface area contributed by atoms with Crippen molar-refractivity contribution in [2.45, 2.75) is 20.8 Å². The van der Waals surface area contributed by atoms with Crippen molar-refractivity contribution in [3.8, 4) is 0 Å². The van der Waals surface area contributed by atoms with Crippen LogP contribution in [0.5, 0.6) is 0 Å². The molecule has 0 aliphatic heterocycles. The van der Waals surface area contributed by atoms with E-state index in [0.29, 0.717) is 11.4 Å². The van der Waals surface area contributed by atoms with Crippen LogP contribution in [-0.4, -0.2) is 6.40 Å². The number of benzene rings is 3. The van der Waals surface area contributed by atoms with Crippen molar-refractivity contribution in [3.05, 3.63) is 66.2 Å². The monoisotopic (exact) mass is 334 g/mol. The van der Waals surface area contributed by atoms with Crippen LogP contribution in [0.15, 0.2) is 75.9 Å². The Morgan fingerprint density at radius 2 is 1.60 bits per heavy atom. The third-order valence-corrected chi connectivity index (χ3v) is 3.39. The lowest BCUT2D eigenvalue weighted by molar-refractivity contribution is 0.338. The standard InChI is InChI=1S/C18H16N4O.C2H6/c1-13-6-9-17(18(10-13)20-12-23-19)22-21-16-8-7-14-4-2-3-5-15(14)11-16;1-2/h2-12H,19H2,1H3;1-2H3. The van der Waals surface area contributed by atoms with Crippen molar-refractivity contribution in [2.75, 3.05) is 0 Å². The molecule has 0 heterocycles. The van der Waals surface area contributed by atoms with Gasteiger partial charge in [-0.15, -0.1) is 5.11 Å². The SMILES string of the molecule is CC.Cc1ccc(N=Nc2ccc3ccccc3c2)c(N=CON)c1. The van der Waals surface area contributed by atoms with E-state index in [1.165, 1.54) is 11.8 Å².